The SMILES string of the molecule is C1=CCC(c2ccc(C3=CC=CC3)c3c2=NCN=3)=C1. The van der Waals surface area contributed by atoms with Crippen LogP contribution in [0.4, 0.5) is 0 Å². The lowest BCUT2D eigenvalue weighted by molar-refractivity contribution is 1.05. The molecule has 2 aliphatic carbocycles. The Kier molecular flexibility index (Phi) is 2.34. The van der Waals surface area contributed by atoms with Crippen molar-refractivity contribution >= 4 is 11.1 Å². The monoisotopic (exact) mass is 246 g/mol. The van der Waals surface area contributed by atoms with Crippen LogP contribution in [0.15, 0.2) is 58.6 Å². The number of hydrogen-bond acceptors (Lipinski definition) is 2. The minimum absolute atomic E-state index is 0.570. The molecule has 1 aliphatic heterocycles. The van der Waals surface area contributed by atoms with Gasteiger partial charge in [-0.05, 0) is 24.0 Å². The normalized spacial score (nSPS) is 18.9. The van der Waals surface area contributed by atoms with E-state index < -0.39 is 0 Å². The molecule has 19 heavy (non-hydrogen) atoms. The van der Waals surface area contributed by atoms with Crippen molar-refractivity contribution in [2.45, 2.75) is 12.8 Å². The third-order valence-corrected chi connectivity index (χ3v) is 3.84. The number of nitrogens with zero attached hydrogens (tertiary/aromatic N) is 2. The quantitative estimate of drug-likeness (QED) is 0.766. The van der Waals surface area contributed by atoms with E-state index in [0.29, 0.717) is 6.67 Å². The van der Waals surface area contributed by atoms with Gasteiger partial charge in [0.15, 0.2) is 0 Å². The summed E-state index contributed by atoms with van der Waals surface area (Å²) in [5.74, 6) is 0. The average Bonchev–Trinajstić information content (AvgIpc) is 3.19. The number of allylic oxidation sites excluding steroid dienone is 8. The first kappa shape index (κ1) is 10.7. The third kappa shape index (κ3) is 1.64. The summed E-state index contributed by atoms with van der Waals surface area (Å²) in [5, 5.41) is 2.17. The Labute approximate surface area is 111 Å². The molecule has 4 rings (SSSR count). The Morgan fingerprint density at radius 1 is 0.737 bits per heavy atom. The predicted molar refractivity (Wildman–Crippen MR) is 77.1 cm³/mol. The van der Waals surface area contributed by atoms with Gasteiger partial charge in [-0.3, -0.25) is 9.98 Å². The van der Waals surface area contributed by atoms with E-state index in [-0.39, 0.29) is 0 Å². The molecule has 0 atom stereocenters. The van der Waals surface area contributed by atoms with E-state index in [4.69, 9.17) is 0 Å². The lowest BCUT2D eigenvalue weighted by Gasteiger charge is -2.06. The Morgan fingerprint density at radius 3 is 1.68 bits per heavy atom. The van der Waals surface area contributed by atoms with Crippen LogP contribution >= 0.6 is 0 Å². The zero-order chi connectivity index (χ0) is 12.7. The smallest absolute Gasteiger partial charge is 0.130 e. The summed E-state index contributed by atoms with van der Waals surface area (Å²) in [6.07, 6.45) is 15.0. The summed E-state index contributed by atoms with van der Waals surface area (Å²) < 4.78 is 0. The lowest BCUT2D eigenvalue weighted by atomic mass is 9.98. The van der Waals surface area contributed by atoms with Crippen molar-refractivity contribution in [3.05, 3.63) is 70.4 Å². The molecule has 2 heteroatoms. The summed E-state index contributed by atoms with van der Waals surface area (Å²) in [5.41, 5.74) is 5.19. The van der Waals surface area contributed by atoms with Crippen LogP contribution in [-0.2, 0) is 0 Å². The maximum Gasteiger partial charge on any atom is 0.130 e. The van der Waals surface area contributed by atoms with Gasteiger partial charge >= 0.3 is 0 Å². The van der Waals surface area contributed by atoms with Crippen molar-refractivity contribution in [2.24, 2.45) is 9.98 Å². The van der Waals surface area contributed by atoms with E-state index in [1.54, 1.807) is 0 Å². The molecule has 1 aromatic carbocycles. The van der Waals surface area contributed by atoms with Gasteiger partial charge in [0.05, 0.1) is 10.7 Å². The molecule has 0 amide bonds. The molecule has 92 valence electrons. The molecule has 0 saturated heterocycles. The fourth-order valence-electron chi connectivity index (χ4n) is 2.89. The van der Waals surface area contributed by atoms with E-state index >= 15 is 0 Å². The first-order chi connectivity index (χ1) is 9.43. The molecule has 0 bridgehead atoms. The molecule has 0 aromatic heterocycles. The second kappa shape index (κ2) is 4.16. The van der Waals surface area contributed by atoms with E-state index in [0.717, 1.165) is 23.6 Å². The Morgan fingerprint density at radius 2 is 1.26 bits per heavy atom. The topological polar surface area (TPSA) is 24.7 Å². The highest BCUT2D eigenvalue weighted by Crippen LogP contribution is 2.23. The Balaban J connectivity index is 1.91. The van der Waals surface area contributed by atoms with Gasteiger partial charge < -0.3 is 0 Å². The zero-order valence-corrected chi connectivity index (χ0v) is 10.6. The van der Waals surface area contributed by atoms with Crippen LogP contribution in [0.1, 0.15) is 24.0 Å². The van der Waals surface area contributed by atoms with Gasteiger partial charge in [0.2, 0.25) is 0 Å². The van der Waals surface area contributed by atoms with E-state index in [1.807, 2.05) is 0 Å². The number of benzene rings is 1. The fourth-order valence-corrected chi connectivity index (χ4v) is 2.89. The Hall–Kier alpha value is -2.22. The maximum absolute atomic E-state index is 4.59. The molecular weight excluding hydrogens is 232 g/mol. The fraction of sp³-hybridized carbons (Fsp3) is 0.176. The summed E-state index contributed by atoms with van der Waals surface area (Å²) in [7, 11) is 0. The van der Waals surface area contributed by atoms with Crippen LogP contribution in [0, 0.1) is 0 Å². The van der Waals surface area contributed by atoms with Crippen molar-refractivity contribution in [3.8, 4) is 0 Å². The average molecular weight is 246 g/mol. The molecule has 0 spiro atoms. The van der Waals surface area contributed by atoms with Gasteiger partial charge in [0.1, 0.15) is 6.67 Å². The lowest BCUT2D eigenvalue weighted by Crippen LogP contribution is -2.29. The molecule has 0 unspecified atom stereocenters. The van der Waals surface area contributed by atoms with Crippen molar-refractivity contribution in [3.63, 3.8) is 0 Å². The van der Waals surface area contributed by atoms with E-state index in [2.05, 4.69) is 58.6 Å². The molecule has 0 radical (unpaired) electrons. The minimum atomic E-state index is 0.570. The van der Waals surface area contributed by atoms with Gasteiger partial charge in [-0.2, -0.15) is 0 Å². The van der Waals surface area contributed by atoms with Crippen molar-refractivity contribution in [1.82, 2.24) is 0 Å². The highest BCUT2D eigenvalue weighted by atomic mass is 15.0. The van der Waals surface area contributed by atoms with Crippen molar-refractivity contribution < 1.29 is 0 Å². The molecule has 3 aliphatic rings. The minimum Gasteiger partial charge on any atom is -0.259 e. The van der Waals surface area contributed by atoms with E-state index in [1.165, 1.54) is 22.3 Å². The van der Waals surface area contributed by atoms with Crippen molar-refractivity contribution in [1.29, 1.82) is 0 Å². The maximum atomic E-state index is 4.59. The number of hydrogen-bond donors (Lipinski definition) is 0. The molecule has 0 saturated carbocycles. The first-order valence-electron chi connectivity index (χ1n) is 6.67. The van der Waals surface area contributed by atoms with Gasteiger partial charge in [-0.15, -0.1) is 0 Å². The molecule has 2 nitrogen and oxygen atoms in total. The molecule has 0 fully saturated rings. The second-order valence-corrected chi connectivity index (χ2v) is 4.96. The van der Waals surface area contributed by atoms with Crippen LogP contribution in [0.2, 0.25) is 0 Å². The summed E-state index contributed by atoms with van der Waals surface area (Å²) in [6.45, 7) is 0.570. The standard InChI is InChI=1S/C17H14N2/c1-2-6-12(5-1)14-9-10-15(13-7-3-4-8-13)17-16(14)18-11-19-17/h1-5,7,9-10H,6,8,11H2. The highest BCUT2D eigenvalue weighted by molar-refractivity contribution is 5.75. The van der Waals surface area contributed by atoms with Crippen LogP contribution in [0.25, 0.3) is 11.1 Å². The van der Waals surface area contributed by atoms with Crippen LogP contribution < -0.4 is 10.7 Å². The zero-order valence-electron chi connectivity index (χ0n) is 10.6. The second-order valence-electron chi connectivity index (χ2n) is 4.96. The summed E-state index contributed by atoms with van der Waals surface area (Å²) in [4.78, 5) is 9.19. The molecule has 0 N–H and O–H groups in total. The van der Waals surface area contributed by atoms with Gasteiger partial charge in [-0.1, -0.05) is 48.6 Å². The van der Waals surface area contributed by atoms with Gasteiger partial charge in [-0.25, -0.2) is 0 Å². The largest absolute Gasteiger partial charge is 0.259 e. The van der Waals surface area contributed by atoms with Crippen LogP contribution in [0.3, 0.4) is 0 Å². The van der Waals surface area contributed by atoms with Crippen molar-refractivity contribution in [2.75, 3.05) is 6.67 Å². The Bertz CT molecular complexity index is 722. The van der Waals surface area contributed by atoms with Crippen LogP contribution in [0.5, 0.6) is 0 Å². The highest BCUT2D eigenvalue weighted by Gasteiger charge is 2.14. The van der Waals surface area contributed by atoms with E-state index in [9.17, 15) is 0 Å². The number of rotatable bonds is 2. The van der Waals surface area contributed by atoms with Crippen LogP contribution in [-0.4, -0.2) is 6.67 Å². The van der Waals surface area contributed by atoms with Gasteiger partial charge in [0, 0.05) is 11.1 Å². The summed E-state index contributed by atoms with van der Waals surface area (Å²) in [6, 6.07) is 4.41. The molecule has 1 heterocycles. The number of fused-ring (bicyclic) bond motifs is 1. The summed E-state index contributed by atoms with van der Waals surface area (Å²) >= 11 is 0. The molecule has 1 aromatic rings. The predicted octanol–water partition coefficient (Wildman–Crippen LogP) is 2.58. The molecular formula is C17H14N2. The third-order valence-electron chi connectivity index (χ3n) is 3.84. The van der Waals surface area contributed by atoms with Gasteiger partial charge in [0.25, 0.3) is 0 Å². The first-order valence-corrected chi connectivity index (χ1v) is 6.67.